The molecular formula is C24H44O2. The summed E-state index contributed by atoms with van der Waals surface area (Å²) in [5.74, 6) is 0.987. The Kier molecular flexibility index (Phi) is 19.2. The molecule has 2 nitrogen and oxygen atoms in total. The quantitative estimate of drug-likeness (QED) is 0.504. The van der Waals surface area contributed by atoms with Crippen LogP contribution < -0.4 is 0 Å². The van der Waals surface area contributed by atoms with Crippen LogP contribution in [0.15, 0.2) is 30.3 Å². The lowest BCUT2D eigenvalue weighted by Crippen LogP contribution is -2.26. The molecule has 0 aliphatic carbocycles. The minimum Gasteiger partial charge on any atom is -0.299 e. The van der Waals surface area contributed by atoms with Crippen molar-refractivity contribution < 1.29 is 9.59 Å². The number of ketones is 2. The zero-order valence-electron chi connectivity index (χ0n) is 19.3. The summed E-state index contributed by atoms with van der Waals surface area (Å²) < 4.78 is 0. The predicted molar refractivity (Wildman–Crippen MR) is 117 cm³/mol. The Morgan fingerprint density at radius 1 is 0.808 bits per heavy atom. The van der Waals surface area contributed by atoms with Gasteiger partial charge in [0.1, 0.15) is 5.78 Å². The lowest BCUT2D eigenvalue weighted by molar-refractivity contribution is -0.129. The van der Waals surface area contributed by atoms with Crippen LogP contribution in [0.2, 0.25) is 0 Å². The fourth-order valence-electron chi connectivity index (χ4n) is 2.00. The second-order valence-corrected chi connectivity index (χ2v) is 6.96. The summed E-state index contributed by atoms with van der Waals surface area (Å²) in [7, 11) is 0. The van der Waals surface area contributed by atoms with Gasteiger partial charge in [0.2, 0.25) is 0 Å². The van der Waals surface area contributed by atoms with Gasteiger partial charge in [-0.1, -0.05) is 106 Å². The Morgan fingerprint density at radius 2 is 1.19 bits per heavy atom. The lowest BCUT2D eigenvalue weighted by Gasteiger charge is -2.20. The van der Waals surface area contributed by atoms with Gasteiger partial charge >= 0.3 is 0 Å². The first-order valence-electron chi connectivity index (χ1n) is 10.3. The number of hydrogen-bond acceptors (Lipinski definition) is 2. The van der Waals surface area contributed by atoms with Crippen molar-refractivity contribution in [3.63, 3.8) is 0 Å². The van der Waals surface area contributed by atoms with E-state index in [9.17, 15) is 9.59 Å². The average molecular weight is 365 g/mol. The molecule has 0 fully saturated rings. The van der Waals surface area contributed by atoms with E-state index >= 15 is 0 Å². The molecule has 0 radical (unpaired) electrons. The molecule has 1 rings (SSSR count). The summed E-state index contributed by atoms with van der Waals surface area (Å²) in [6, 6.07) is 9.46. The van der Waals surface area contributed by atoms with Crippen LogP contribution in [0.3, 0.4) is 0 Å². The van der Waals surface area contributed by atoms with Crippen LogP contribution >= 0.6 is 0 Å². The van der Waals surface area contributed by atoms with Crippen molar-refractivity contribution in [2.45, 2.75) is 89.0 Å². The van der Waals surface area contributed by atoms with Crippen LogP contribution in [-0.4, -0.2) is 11.6 Å². The van der Waals surface area contributed by atoms with Gasteiger partial charge in [-0.3, -0.25) is 9.59 Å². The Morgan fingerprint density at radius 3 is 1.46 bits per heavy atom. The van der Waals surface area contributed by atoms with Gasteiger partial charge in [0.25, 0.3) is 0 Å². The lowest BCUT2D eigenvalue weighted by atomic mass is 9.83. The van der Waals surface area contributed by atoms with E-state index < -0.39 is 0 Å². The third-order valence-electron chi connectivity index (χ3n) is 3.92. The van der Waals surface area contributed by atoms with Crippen molar-refractivity contribution >= 4 is 11.6 Å². The van der Waals surface area contributed by atoms with Crippen molar-refractivity contribution in [1.82, 2.24) is 0 Å². The molecule has 152 valence electrons. The number of rotatable bonds is 5. The van der Waals surface area contributed by atoms with Gasteiger partial charge in [0.15, 0.2) is 5.78 Å². The van der Waals surface area contributed by atoms with Crippen LogP contribution in [0.5, 0.6) is 0 Å². The number of Topliss-reactive ketones (excluding diaryl/α,β-unsaturated/α-hetero) is 2. The molecule has 26 heavy (non-hydrogen) atoms. The monoisotopic (exact) mass is 364 g/mol. The molecule has 2 heteroatoms. The minimum atomic E-state index is -0.157. The molecule has 0 amide bonds. The van der Waals surface area contributed by atoms with Gasteiger partial charge in [-0.2, -0.15) is 0 Å². The zero-order valence-corrected chi connectivity index (χ0v) is 19.3. The zero-order chi connectivity index (χ0) is 21.3. The molecule has 0 bridgehead atoms. The molecule has 0 saturated carbocycles. The van der Waals surface area contributed by atoms with Gasteiger partial charge in [-0.25, -0.2) is 0 Å². The highest BCUT2D eigenvalue weighted by Gasteiger charge is 2.24. The van der Waals surface area contributed by atoms with Crippen molar-refractivity contribution in [3.05, 3.63) is 35.9 Å². The van der Waals surface area contributed by atoms with Crippen LogP contribution in [-0.2, 0) is 4.79 Å². The maximum absolute atomic E-state index is 11.6. The highest BCUT2D eigenvalue weighted by atomic mass is 16.1. The van der Waals surface area contributed by atoms with E-state index in [-0.39, 0.29) is 23.0 Å². The van der Waals surface area contributed by atoms with E-state index in [4.69, 9.17) is 0 Å². The SMILES string of the molecule is CC.CC.CCC(C)C(=O)C(C)(C)C.CCC(C)C(=O)c1ccccc1. The van der Waals surface area contributed by atoms with Gasteiger partial charge in [0.05, 0.1) is 0 Å². The molecule has 0 aliphatic heterocycles. The number of hydrogen-bond donors (Lipinski definition) is 0. The first-order valence-corrected chi connectivity index (χ1v) is 10.3. The largest absolute Gasteiger partial charge is 0.299 e. The molecule has 1 aromatic rings. The molecule has 1 aromatic carbocycles. The molecule has 0 aromatic heterocycles. The second kappa shape index (κ2) is 17.0. The van der Waals surface area contributed by atoms with Gasteiger partial charge in [-0.05, 0) is 12.8 Å². The standard InChI is InChI=1S/C11H14O.C9H18O.2C2H6/c1-3-9(2)11(12)10-7-5-4-6-8-10;1-6-7(2)8(10)9(3,4)5;2*1-2/h4-9H,3H2,1-2H3;7H,6H2,1-5H3;2*1-2H3. The Labute approximate surface area is 163 Å². The minimum absolute atomic E-state index is 0.146. The molecule has 0 N–H and O–H groups in total. The van der Waals surface area contributed by atoms with E-state index in [2.05, 4.69) is 0 Å². The molecular weight excluding hydrogens is 320 g/mol. The van der Waals surface area contributed by atoms with Crippen molar-refractivity contribution in [1.29, 1.82) is 0 Å². The van der Waals surface area contributed by atoms with Gasteiger partial charge in [-0.15, -0.1) is 0 Å². The van der Waals surface area contributed by atoms with Crippen molar-refractivity contribution in [2.24, 2.45) is 17.3 Å². The second-order valence-electron chi connectivity index (χ2n) is 6.96. The van der Waals surface area contributed by atoms with Crippen LogP contribution in [0.4, 0.5) is 0 Å². The molecule has 0 heterocycles. The number of benzene rings is 1. The van der Waals surface area contributed by atoms with Crippen LogP contribution in [0, 0.1) is 17.3 Å². The van der Waals surface area contributed by atoms with E-state index in [0.29, 0.717) is 5.78 Å². The molecule has 0 spiro atoms. The first-order chi connectivity index (χ1) is 12.1. The van der Waals surface area contributed by atoms with Crippen LogP contribution in [0.25, 0.3) is 0 Å². The summed E-state index contributed by atoms with van der Waals surface area (Å²) in [6.07, 6.45) is 1.86. The molecule has 2 atom stereocenters. The summed E-state index contributed by atoms with van der Waals surface area (Å²) in [6.45, 7) is 22.0. The predicted octanol–water partition coefficient (Wildman–Crippen LogP) is 7.62. The number of carbonyl (C=O) groups is 2. The number of carbonyl (C=O) groups excluding carboxylic acids is 2. The molecule has 0 saturated heterocycles. The fourth-order valence-corrected chi connectivity index (χ4v) is 2.00. The molecule has 2 unspecified atom stereocenters. The normalized spacial score (nSPS) is 12.0. The Hall–Kier alpha value is -1.44. The highest BCUT2D eigenvalue weighted by Crippen LogP contribution is 2.21. The van der Waals surface area contributed by atoms with Gasteiger partial charge in [0, 0.05) is 22.8 Å². The Bertz CT molecular complexity index is 455. The first kappa shape index (κ1) is 29.3. The fraction of sp³-hybridized carbons (Fsp3) is 0.667. The van der Waals surface area contributed by atoms with E-state index in [0.717, 1.165) is 18.4 Å². The maximum Gasteiger partial charge on any atom is 0.165 e. The third kappa shape index (κ3) is 12.9. The Balaban J connectivity index is -0.000000346. The maximum atomic E-state index is 11.6. The van der Waals surface area contributed by atoms with E-state index in [1.165, 1.54) is 0 Å². The third-order valence-corrected chi connectivity index (χ3v) is 3.92. The average Bonchev–Trinajstić information content (AvgIpc) is 2.69. The molecule has 0 aliphatic rings. The smallest absolute Gasteiger partial charge is 0.165 e. The summed E-state index contributed by atoms with van der Waals surface area (Å²) in [5.41, 5.74) is 0.668. The van der Waals surface area contributed by atoms with E-state index in [1.807, 2.05) is 106 Å². The summed E-state index contributed by atoms with van der Waals surface area (Å²) >= 11 is 0. The van der Waals surface area contributed by atoms with Crippen molar-refractivity contribution in [3.8, 4) is 0 Å². The topological polar surface area (TPSA) is 34.1 Å². The summed E-state index contributed by atoms with van der Waals surface area (Å²) in [5, 5.41) is 0. The van der Waals surface area contributed by atoms with Gasteiger partial charge < -0.3 is 0 Å². The van der Waals surface area contributed by atoms with Crippen LogP contribution in [0.1, 0.15) is 99.4 Å². The highest BCUT2D eigenvalue weighted by molar-refractivity contribution is 5.97. The van der Waals surface area contributed by atoms with Crippen molar-refractivity contribution in [2.75, 3.05) is 0 Å². The van der Waals surface area contributed by atoms with E-state index in [1.54, 1.807) is 0 Å². The summed E-state index contributed by atoms with van der Waals surface area (Å²) in [4.78, 5) is 23.0.